The van der Waals surface area contributed by atoms with Crippen molar-refractivity contribution in [1.29, 1.82) is 0 Å². The summed E-state index contributed by atoms with van der Waals surface area (Å²) in [6, 6.07) is 7.55. The van der Waals surface area contributed by atoms with Crippen molar-refractivity contribution in [2.24, 2.45) is 0 Å². The van der Waals surface area contributed by atoms with Crippen molar-refractivity contribution in [1.82, 2.24) is 4.90 Å². The summed E-state index contributed by atoms with van der Waals surface area (Å²) in [5.41, 5.74) is 0.866. The fourth-order valence-electron chi connectivity index (χ4n) is 1.34. The van der Waals surface area contributed by atoms with Gasteiger partial charge < -0.3 is 25.2 Å². The Morgan fingerprint density at radius 1 is 1.39 bits per heavy atom. The average molecular weight is 254 g/mol. The van der Waals surface area contributed by atoms with Crippen LogP contribution in [0.4, 0.5) is 5.69 Å². The molecule has 0 bridgehead atoms. The van der Waals surface area contributed by atoms with Crippen LogP contribution in [0.15, 0.2) is 24.3 Å². The smallest absolute Gasteiger partial charge is 0.121 e. The zero-order valence-electron chi connectivity index (χ0n) is 11.0. The van der Waals surface area contributed by atoms with Gasteiger partial charge in [-0.1, -0.05) is 6.07 Å². The van der Waals surface area contributed by atoms with Crippen LogP contribution in [-0.2, 0) is 0 Å². The van der Waals surface area contributed by atoms with E-state index in [4.69, 9.17) is 9.84 Å². The van der Waals surface area contributed by atoms with Crippen LogP contribution < -0.4 is 10.1 Å². The third kappa shape index (κ3) is 5.86. The lowest BCUT2D eigenvalue weighted by atomic mass is 10.3. The van der Waals surface area contributed by atoms with Crippen molar-refractivity contribution in [2.75, 3.05) is 45.7 Å². The molecule has 0 spiro atoms. The number of anilines is 1. The number of likely N-dealkylation sites (N-methyl/N-ethyl adjacent to an activating group) is 1. The van der Waals surface area contributed by atoms with Crippen LogP contribution in [0.3, 0.4) is 0 Å². The topological polar surface area (TPSA) is 65.0 Å². The van der Waals surface area contributed by atoms with E-state index in [1.807, 2.05) is 38.4 Å². The highest BCUT2D eigenvalue weighted by molar-refractivity contribution is 5.48. The molecule has 0 radical (unpaired) electrons. The summed E-state index contributed by atoms with van der Waals surface area (Å²) in [7, 11) is 4.00. The van der Waals surface area contributed by atoms with Crippen molar-refractivity contribution < 1.29 is 14.9 Å². The number of aliphatic hydroxyl groups is 2. The third-order valence-electron chi connectivity index (χ3n) is 2.39. The van der Waals surface area contributed by atoms with Gasteiger partial charge in [0.2, 0.25) is 0 Å². The van der Waals surface area contributed by atoms with Crippen LogP contribution in [0, 0.1) is 0 Å². The van der Waals surface area contributed by atoms with Gasteiger partial charge in [-0.25, -0.2) is 0 Å². The molecule has 0 saturated carbocycles. The Labute approximate surface area is 108 Å². The molecule has 0 heterocycles. The predicted molar refractivity (Wildman–Crippen MR) is 72.1 cm³/mol. The van der Waals surface area contributed by atoms with Gasteiger partial charge in [0, 0.05) is 24.8 Å². The number of benzene rings is 1. The van der Waals surface area contributed by atoms with Crippen molar-refractivity contribution in [3.63, 3.8) is 0 Å². The zero-order chi connectivity index (χ0) is 13.4. The third-order valence-corrected chi connectivity index (χ3v) is 2.39. The summed E-state index contributed by atoms with van der Waals surface area (Å²) in [6.45, 7) is 1.57. The monoisotopic (exact) mass is 254 g/mol. The van der Waals surface area contributed by atoms with Gasteiger partial charge in [-0.05, 0) is 26.2 Å². The van der Waals surface area contributed by atoms with Gasteiger partial charge >= 0.3 is 0 Å². The molecule has 5 heteroatoms. The van der Waals surface area contributed by atoms with Gasteiger partial charge in [0.05, 0.1) is 12.7 Å². The summed E-state index contributed by atoms with van der Waals surface area (Å²) in [5, 5.41) is 21.0. The average Bonchev–Trinajstić information content (AvgIpc) is 2.36. The van der Waals surface area contributed by atoms with E-state index < -0.39 is 6.10 Å². The molecular weight excluding hydrogens is 232 g/mol. The Balaban J connectivity index is 2.41. The van der Waals surface area contributed by atoms with Crippen LogP contribution in [0.5, 0.6) is 5.75 Å². The maximum atomic E-state index is 9.24. The normalized spacial score (nSPS) is 12.5. The Bertz CT molecular complexity index is 345. The van der Waals surface area contributed by atoms with E-state index in [9.17, 15) is 5.11 Å². The highest BCUT2D eigenvalue weighted by atomic mass is 16.5. The zero-order valence-corrected chi connectivity index (χ0v) is 11.0. The minimum Gasteiger partial charge on any atom is -0.492 e. The second-order valence-electron chi connectivity index (χ2n) is 4.40. The van der Waals surface area contributed by atoms with E-state index in [1.54, 1.807) is 0 Å². The number of hydrogen-bond donors (Lipinski definition) is 3. The van der Waals surface area contributed by atoms with Crippen LogP contribution in [0.1, 0.15) is 0 Å². The van der Waals surface area contributed by atoms with Crippen molar-refractivity contribution in [2.45, 2.75) is 6.10 Å². The first kappa shape index (κ1) is 14.8. The lowest BCUT2D eigenvalue weighted by Crippen LogP contribution is -2.23. The van der Waals surface area contributed by atoms with Crippen molar-refractivity contribution in [3.05, 3.63) is 24.3 Å². The molecule has 102 valence electrons. The molecule has 1 rings (SSSR count). The number of nitrogens with one attached hydrogen (secondary N) is 1. The lowest BCUT2D eigenvalue weighted by molar-refractivity contribution is 0.105. The summed E-state index contributed by atoms with van der Waals surface area (Å²) < 4.78 is 5.60. The second-order valence-corrected chi connectivity index (χ2v) is 4.40. The maximum Gasteiger partial charge on any atom is 0.121 e. The molecule has 0 saturated heterocycles. The molecule has 5 nitrogen and oxygen atoms in total. The van der Waals surface area contributed by atoms with E-state index in [0.29, 0.717) is 13.2 Å². The number of rotatable bonds is 8. The minimum atomic E-state index is -0.747. The maximum absolute atomic E-state index is 9.24. The van der Waals surface area contributed by atoms with Gasteiger partial charge in [0.1, 0.15) is 12.4 Å². The molecule has 1 aromatic rings. The Morgan fingerprint density at radius 2 is 2.17 bits per heavy atom. The van der Waals surface area contributed by atoms with Gasteiger partial charge in [-0.15, -0.1) is 0 Å². The highest BCUT2D eigenvalue weighted by Crippen LogP contribution is 2.17. The Morgan fingerprint density at radius 3 is 2.83 bits per heavy atom. The van der Waals surface area contributed by atoms with E-state index in [1.165, 1.54) is 0 Å². The molecule has 0 fully saturated rings. The molecule has 0 aromatic heterocycles. The van der Waals surface area contributed by atoms with E-state index >= 15 is 0 Å². The van der Waals surface area contributed by atoms with Crippen molar-refractivity contribution in [3.8, 4) is 5.75 Å². The SMILES string of the molecule is CN(C)CCOc1cccc(NCC(O)CO)c1. The quantitative estimate of drug-likeness (QED) is 0.626. The first-order chi connectivity index (χ1) is 8.61. The van der Waals surface area contributed by atoms with E-state index in [2.05, 4.69) is 10.2 Å². The second kappa shape index (κ2) is 7.92. The molecule has 3 N–H and O–H groups in total. The fraction of sp³-hybridized carbons (Fsp3) is 0.538. The van der Waals surface area contributed by atoms with Crippen LogP contribution in [0.25, 0.3) is 0 Å². The van der Waals surface area contributed by atoms with Crippen LogP contribution in [0.2, 0.25) is 0 Å². The summed E-state index contributed by atoms with van der Waals surface area (Å²) in [6.07, 6.45) is -0.747. The highest BCUT2D eigenvalue weighted by Gasteiger charge is 2.02. The Kier molecular flexibility index (Phi) is 6.49. The van der Waals surface area contributed by atoms with Gasteiger partial charge in [-0.2, -0.15) is 0 Å². The van der Waals surface area contributed by atoms with Crippen LogP contribution >= 0.6 is 0 Å². The molecule has 1 unspecified atom stereocenters. The van der Waals surface area contributed by atoms with E-state index in [0.717, 1.165) is 18.0 Å². The number of ether oxygens (including phenoxy) is 1. The molecule has 1 aromatic carbocycles. The summed E-state index contributed by atoms with van der Waals surface area (Å²) in [5.74, 6) is 0.792. The van der Waals surface area contributed by atoms with E-state index in [-0.39, 0.29) is 6.61 Å². The number of nitrogens with zero attached hydrogens (tertiary/aromatic N) is 1. The molecule has 1 atom stereocenters. The summed E-state index contributed by atoms with van der Waals surface area (Å²) in [4.78, 5) is 2.06. The molecule has 0 aliphatic carbocycles. The molecule has 18 heavy (non-hydrogen) atoms. The first-order valence-corrected chi connectivity index (χ1v) is 6.02. The summed E-state index contributed by atoms with van der Waals surface area (Å²) >= 11 is 0. The number of aliphatic hydroxyl groups excluding tert-OH is 2. The van der Waals surface area contributed by atoms with Crippen molar-refractivity contribution >= 4 is 5.69 Å². The Hall–Kier alpha value is -1.30. The fourth-order valence-corrected chi connectivity index (χ4v) is 1.34. The standard InChI is InChI=1S/C13H22N2O3/c1-15(2)6-7-18-13-5-3-4-11(8-13)14-9-12(17)10-16/h3-5,8,12,14,16-17H,6-7,9-10H2,1-2H3. The largest absolute Gasteiger partial charge is 0.492 e. The van der Waals surface area contributed by atoms with Gasteiger partial charge in [-0.3, -0.25) is 0 Å². The van der Waals surface area contributed by atoms with Gasteiger partial charge in [0.15, 0.2) is 0 Å². The number of hydrogen-bond acceptors (Lipinski definition) is 5. The molecule has 0 aliphatic heterocycles. The first-order valence-electron chi connectivity index (χ1n) is 6.02. The molecule has 0 amide bonds. The van der Waals surface area contributed by atoms with Crippen LogP contribution in [-0.4, -0.2) is 61.6 Å². The molecule has 0 aliphatic rings. The minimum absolute atomic E-state index is 0.244. The molecular formula is C13H22N2O3. The lowest BCUT2D eigenvalue weighted by Gasteiger charge is -2.13. The predicted octanol–water partition coefficient (Wildman–Crippen LogP) is 0.392. The van der Waals surface area contributed by atoms with Gasteiger partial charge in [0.25, 0.3) is 0 Å².